The van der Waals surface area contributed by atoms with Crippen LogP contribution in [-0.2, 0) is 14.3 Å². The molecule has 0 saturated carbocycles. The second-order valence-corrected chi connectivity index (χ2v) is 4.57. The minimum atomic E-state index is -0.946. The Labute approximate surface area is 103 Å². The Kier molecular flexibility index (Phi) is 7.54. The summed E-state index contributed by atoms with van der Waals surface area (Å²) in [6, 6.07) is 0. The molecule has 0 aliphatic carbocycles. The van der Waals surface area contributed by atoms with Crippen LogP contribution in [0.4, 0.5) is 0 Å². The molecule has 0 aliphatic heterocycles. The molecule has 1 amide bonds. The summed E-state index contributed by atoms with van der Waals surface area (Å²) in [6.45, 7) is 3.94. The molecule has 2 N–H and O–H groups in total. The first-order valence-corrected chi connectivity index (χ1v) is 5.95. The van der Waals surface area contributed by atoms with Crippen LogP contribution in [0, 0.1) is 0 Å². The molecule has 100 valence electrons. The minimum Gasteiger partial charge on any atom is -0.481 e. The fraction of sp³-hybridized carbons (Fsp3) is 0.833. The number of carbonyl (C=O) groups is 2. The summed E-state index contributed by atoms with van der Waals surface area (Å²) in [5, 5.41) is 11.5. The van der Waals surface area contributed by atoms with E-state index in [4.69, 9.17) is 9.84 Å². The van der Waals surface area contributed by atoms with E-state index in [-0.39, 0.29) is 18.9 Å². The van der Waals surface area contributed by atoms with Crippen molar-refractivity contribution >= 4 is 11.9 Å². The Bertz CT molecular complexity index is 255. The van der Waals surface area contributed by atoms with Crippen molar-refractivity contribution in [3.8, 4) is 0 Å². The van der Waals surface area contributed by atoms with Gasteiger partial charge < -0.3 is 15.2 Å². The first-order chi connectivity index (χ1) is 7.93. The Morgan fingerprint density at radius 3 is 2.47 bits per heavy atom. The van der Waals surface area contributed by atoms with Gasteiger partial charge in [-0.2, -0.15) is 0 Å². The summed E-state index contributed by atoms with van der Waals surface area (Å²) < 4.78 is 4.96. The molecule has 0 aliphatic rings. The van der Waals surface area contributed by atoms with Gasteiger partial charge in [-0.3, -0.25) is 9.59 Å². The highest BCUT2D eigenvalue weighted by Crippen LogP contribution is 2.11. The van der Waals surface area contributed by atoms with Crippen molar-refractivity contribution in [2.24, 2.45) is 0 Å². The predicted octanol–water partition coefficient (Wildman–Crippen LogP) is 1.56. The maximum absolute atomic E-state index is 11.6. The van der Waals surface area contributed by atoms with E-state index in [0.717, 1.165) is 19.3 Å². The number of rotatable bonds is 9. The number of methoxy groups -OCH3 is 1. The Morgan fingerprint density at radius 2 is 2.00 bits per heavy atom. The molecular formula is C12H23NO4. The molecule has 0 aromatic rings. The van der Waals surface area contributed by atoms with Crippen molar-refractivity contribution in [1.82, 2.24) is 5.32 Å². The third-order valence-corrected chi connectivity index (χ3v) is 2.45. The molecule has 1 atom stereocenters. The largest absolute Gasteiger partial charge is 0.481 e. The lowest BCUT2D eigenvalue weighted by Gasteiger charge is -2.28. The predicted molar refractivity (Wildman–Crippen MR) is 64.8 cm³/mol. The van der Waals surface area contributed by atoms with Crippen molar-refractivity contribution in [1.29, 1.82) is 0 Å². The number of amides is 1. The lowest BCUT2D eigenvalue weighted by molar-refractivity contribution is -0.139. The zero-order valence-electron chi connectivity index (χ0n) is 10.9. The molecule has 0 radical (unpaired) electrons. The number of carbonyl (C=O) groups excluding carboxylic acids is 1. The Hall–Kier alpha value is -1.10. The monoisotopic (exact) mass is 245 g/mol. The van der Waals surface area contributed by atoms with Crippen molar-refractivity contribution in [3.05, 3.63) is 0 Å². The zero-order chi connectivity index (χ0) is 13.3. The van der Waals surface area contributed by atoms with Gasteiger partial charge in [0.1, 0.15) is 0 Å². The molecule has 0 saturated heterocycles. The number of carboxylic acid groups (broad SMARTS) is 1. The second kappa shape index (κ2) is 8.06. The molecule has 0 heterocycles. The Morgan fingerprint density at radius 1 is 1.35 bits per heavy atom. The van der Waals surface area contributed by atoms with Crippen molar-refractivity contribution in [2.45, 2.75) is 51.5 Å². The molecule has 0 rings (SSSR count). The lowest BCUT2D eigenvalue weighted by Crippen LogP contribution is -2.50. The summed E-state index contributed by atoms with van der Waals surface area (Å²) >= 11 is 0. The van der Waals surface area contributed by atoms with Gasteiger partial charge in [-0.15, -0.1) is 0 Å². The molecular weight excluding hydrogens is 222 g/mol. The summed E-state index contributed by atoms with van der Waals surface area (Å²) in [7, 11) is 1.49. The number of hydrogen-bond acceptors (Lipinski definition) is 3. The van der Waals surface area contributed by atoms with E-state index in [9.17, 15) is 9.59 Å². The van der Waals surface area contributed by atoms with Crippen molar-refractivity contribution in [3.63, 3.8) is 0 Å². The van der Waals surface area contributed by atoms with E-state index >= 15 is 0 Å². The number of carboxylic acids is 1. The van der Waals surface area contributed by atoms with Gasteiger partial charge in [0.05, 0.1) is 18.6 Å². The summed E-state index contributed by atoms with van der Waals surface area (Å²) in [5.74, 6) is -1.06. The molecule has 5 nitrogen and oxygen atoms in total. The average Bonchev–Trinajstić information content (AvgIpc) is 2.16. The van der Waals surface area contributed by atoms with Crippen LogP contribution in [0.25, 0.3) is 0 Å². The van der Waals surface area contributed by atoms with E-state index in [1.807, 2.05) is 0 Å². The summed E-state index contributed by atoms with van der Waals surface area (Å²) in [6.07, 6.45) is 3.19. The minimum absolute atomic E-state index is 0.112. The molecule has 0 fully saturated rings. The van der Waals surface area contributed by atoms with Crippen LogP contribution >= 0.6 is 0 Å². The smallest absolute Gasteiger partial charge is 0.305 e. The van der Waals surface area contributed by atoms with Crippen LogP contribution in [0.5, 0.6) is 0 Å². The number of ether oxygens (including phenoxy) is 1. The third kappa shape index (κ3) is 7.74. The first kappa shape index (κ1) is 15.9. The van der Waals surface area contributed by atoms with E-state index in [2.05, 4.69) is 12.2 Å². The van der Waals surface area contributed by atoms with Gasteiger partial charge in [0.2, 0.25) is 5.91 Å². The highest BCUT2D eigenvalue weighted by atomic mass is 16.5. The average molecular weight is 245 g/mol. The standard InChI is InChI=1S/C12H23NO4/c1-4-5-6-7-10(14)13-12(2,9-17-3)8-11(15)16/h4-9H2,1-3H3,(H,13,14)(H,15,16). The number of hydrogen-bond donors (Lipinski definition) is 2. The molecule has 5 heteroatoms. The SMILES string of the molecule is CCCCCC(=O)NC(C)(COC)CC(=O)O. The summed E-state index contributed by atoms with van der Waals surface area (Å²) in [5.41, 5.74) is -0.829. The van der Waals surface area contributed by atoms with Gasteiger partial charge in [0.15, 0.2) is 0 Å². The normalized spacial score (nSPS) is 14.1. The van der Waals surface area contributed by atoms with Gasteiger partial charge in [-0.05, 0) is 13.3 Å². The third-order valence-electron chi connectivity index (χ3n) is 2.45. The van der Waals surface area contributed by atoms with Gasteiger partial charge in [-0.25, -0.2) is 0 Å². The topological polar surface area (TPSA) is 75.6 Å². The summed E-state index contributed by atoms with van der Waals surface area (Å²) in [4.78, 5) is 22.4. The van der Waals surface area contributed by atoms with Crippen molar-refractivity contribution < 1.29 is 19.4 Å². The maximum Gasteiger partial charge on any atom is 0.305 e. The number of unbranched alkanes of at least 4 members (excludes halogenated alkanes) is 2. The van der Waals surface area contributed by atoms with Crippen LogP contribution in [-0.4, -0.2) is 36.2 Å². The molecule has 0 spiro atoms. The lowest BCUT2D eigenvalue weighted by atomic mass is 9.98. The maximum atomic E-state index is 11.6. The van der Waals surface area contributed by atoms with E-state index in [1.54, 1.807) is 6.92 Å². The van der Waals surface area contributed by atoms with Gasteiger partial charge in [0.25, 0.3) is 0 Å². The fourth-order valence-corrected chi connectivity index (χ4v) is 1.72. The first-order valence-electron chi connectivity index (χ1n) is 5.95. The Balaban J connectivity index is 4.22. The van der Waals surface area contributed by atoms with Crippen LogP contribution in [0.15, 0.2) is 0 Å². The van der Waals surface area contributed by atoms with Crippen LogP contribution in [0.2, 0.25) is 0 Å². The quantitative estimate of drug-likeness (QED) is 0.604. The van der Waals surface area contributed by atoms with Gasteiger partial charge >= 0.3 is 5.97 Å². The van der Waals surface area contributed by atoms with E-state index in [1.165, 1.54) is 7.11 Å². The highest BCUT2D eigenvalue weighted by Gasteiger charge is 2.29. The van der Waals surface area contributed by atoms with Crippen LogP contribution in [0.3, 0.4) is 0 Å². The van der Waals surface area contributed by atoms with Crippen LogP contribution < -0.4 is 5.32 Å². The molecule has 0 aromatic carbocycles. The second-order valence-electron chi connectivity index (χ2n) is 4.57. The van der Waals surface area contributed by atoms with Crippen molar-refractivity contribution in [2.75, 3.05) is 13.7 Å². The number of aliphatic carboxylic acids is 1. The molecule has 17 heavy (non-hydrogen) atoms. The van der Waals surface area contributed by atoms with E-state index < -0.39 is 11.5 Å². The number of nitrogens with one attached hydrogen (secondary N) is 1. The highest BCUT2D eigenvalue weighted by molar-refractivity contribution is 5.78. The zero-order valence-corrected chi connectivity index (χ0v) is 10.9. The fourth-order valence-electron chi connectivity index (χ4n) is 1.72. The molecule has 1 unspecified atom stereocenters. The molecule has 0 bridgehead atoms. The van der Waals surface area contributed by atoms with E-state index in [0.29, 0.717) is 6.42 Å². The van der Waals surface area contributed by atoms with Gasteiger partial charge in [-0.1, -0.05) is 19.8 Å². The van der Waals surface area contributed by atoms with Crippen LogP contribution in [0.1, 0.15) is 46.0 Å². The molecule has 0 aromatic heterocycles. The van der Waals surface area contributed by atoms with Gasteiger partial charge in [0, 0.05) is 13.5 Å².